The van der Waals surface area contributed by atoms with Crippen LogP contribution in [0.1, 0.15) is 22.4 Å². The van der Waals surface area contributed by atoms with Gasteiger partial charge in [-0.2, -0.15) is 0 Å². The van der Waals surface area contributed by atoms with Gasteiger partial charge in [-0.15, -0.1) is 0 Å². The Morgan fingerprint density at radius 1 is 1.11 bits per heavy atom. The van der Waals surface area contributed by atoms with Crippen molar-refractivity contribution in [2.24, 2.45) is 0 Å². The van der Waals surface area contributed by atoms with E-state index in [-0.39, 0.29) is 0 Å². The van der Waals surface area contributed by atoms with E-state index in [9.17, 15) is 0 Å². The molecule has 0 saturated carbocycles. The number of hydrogen-bond acceptors (Lipinski definition) is 3. The summed E-state index contributed by atoms with van der Waals surface area (Å²) in [6.07, 6.45) is 1.85. The predicted molar refractivity (Wildman–Crippen MR) is 81.4 cm³/mol. The first kappa shape index (κ1) is 13.4. The third-order valence-electron chi connectivity index (χ3n) is 3.54. The van der Waals surface area contributed by atoms with Crippen LogP contribution in [0.5, 0.6) is 0 Å². The second kappa shape index (κ2) is 5.31. The van der Waals surface area contributed by atoms with Crippen LogP contribution in [0.3, 0.4) is 0 Å². The number of aromatic nitrogens is 1. The van der Waals surface area contributed by atoms with Crippen molar-refractivity contribution >= 4 is 11.4 Å². The first-order valence-electron chi connectivity index (χ1n) is 6.47. The maximum absolute atomic E-state index is 6.06. The highest BCUT2D eigenvalue weighted by Crippen LogP contribution is 2.21. The molecule has 3 nitrogen and oxygen atoms in total. The van der Waals surface area contributed by atoms with E-state index >= 15 is 0 Å². The number of nitrogens with two attached hydrogens (primary N) is 1. The largest absolute Gasteiger partial charge is 0.398 e. The summed E-state index contributed by atoms with van der Waals surface area (Å²) in [6, 6.07) is 8.50. The fraction of sp³-hybridized carbons (Fsp3) is 0.312. The van der Waals surface area contributed by atoms with Crippen LogP contribution in [-0.2, 0) is 6.54 Å². The lowest BCUT2D eigenvalue weighted by Gasteiger charge is -2.21. The molecule has 0 radical (unpaired) electrons. The Morgan fingerprint density at radius 3 is 2.37 bits per heavy atom. The van der Waals surface area contributed by atoms with Crippen LogP contribution in [-0.4, -0.2) is 12.0 Å². The molecule has 0 aliphatic heterocycles. The number of nitrogens with zero attached hydrogens (tertiary/aromatic N) is 2. The first-order chi connectivity index (χ1) is 8.99. The monoisotopic (exact) mass is 255 g/mol. The zero-order valence-electron chi connectivity index (χ0n) is 12.1. The maximum atomic E-state index is 6.06. The van der Waals surface area contributed by atoms with Crippen LogP contribution in [0.4, 0.5) is 11.4 Å². The molecule has 0 aliphatic carbocycles. The minimum absolute atomic E-state index is 0.763. The van der Waals surface area contributed by atoms with Crippen molar-refractivity contribution in [1.82, 2.24) is 4.98 Å². The minimum Gasteiger partial charge on any atom is -0.398 e. The van der Waals surface area contributed by atoms with Crippen LogP contribution >= 0.6 is 0 Å². The van der Waals surface area contributed by atoms with Crippen molar-refractivity contribution in [3.8, 4) is 0 Å². The Bertz CT molecular complexity index is 573. The third-order valence-corrected chi connectivity index (χ3v) is 3.54. The van der Waals surface area contributed by atoms with Gasteiger partial charge in [0.15, 0.2) is 0 Å². The lowest BCUT2D eigenvalue weighted by atomic mass is 10.1. The van der Waals surface area contributed by atoms with Crippen LogP contribution in [0.2, 0.25) is 0 Å². The fourth-order valence-corrected chi connectivity index (χ4v) is 2.07. The van der Waals surface area contributed by atoms with E-state index in [1.165, 1.54) is 11.3 Å². The molecule has 0 fully saturated rings. The Labute approximate surface area is 115 Å². The van der Waals surface area contributed by atoms with Crippen molar-refractivity contribution in [2.75, 3.05) is 17.7 Å². The molecule has 1 aromatic carbocycles. The lowest BCUT2D eigenvalue weighted by molar-refractivity contribution is 0.872. The molecule has 2 aromatic rings. The van der Waals surface area contributed by atoms with Crippen molar-refractivity contribution in [3.63, 3.8) is 0 Å². The molecule has 0 atom stereocenters. The van der Waals surface area contributed by atoms with Gasteiger partial charge in [0.1, 0.15) is 0 Å². The molecule has 0 bridgehead atoms. The molecule has 0 saturated heterocycles. The van der Waals surface area contributed by atoms with Gasteiger partial charge in [0.05, 0.1) is 12.2 Å². The van der Waals surface area contributed by atoms with Crippen LogP contribution in [0, 0.1) is 20.8 Å². The number of hydrogen-bond donors (Lipinski definition) is 1. The second-order valence-corrected chi connectivity index (χ2v) is 5.12. The van der Waals surface area contributed by atoms with Crippen molar-refractivity contribution in [3.05, 3.63) is 52.8 Å². The molecule has 0 unspecified atom stereocenters. The summed E-state index contributed by atoms with van der Waals surface area (Å²) in [5, 5.41) is 0. The smallest absolute Gasteiger partial charge is 0.0646 e. The van der Waals surface area contributed by atoms with E-state index < -0.39 is 0 Å². The van der Waals surface area contributed by atoms with E-state index in [4.69, 9.17) is 5.73 Å². The fourth-order valence-electron chi connectivity index (χ4n) is 2.07. The summed E-state index contributed by atoms with van der Waals surface area (Å²) >= 11 is 0. The van der Waals surface area contributed by atoms with Crippen molar-refractivity contribution < 1.29 is 0 Å². The summed E-state index contributed by atoms with van der Waals surface area (Å²) in [5.74, 6) is 0. The Balaban J connectivity index is 2.21. The van der Waals surface area contributed by atoms with E-state index in [2.05, 4.69) is 48.1 Å². The average Bonchev–Trinajstić information content (AvgIpc) is 2.40. The lowest BCUT2D eigenvalue weighted by Crippen LogP contribution is -2.18. The summed E-state index contributed by atoms with van der Waals surface area (Å²) in [6.45, 7) is 6.88. The Hall–Kier alpha value is -2.03. The van der Waals surface area contributed by atoms with E-state index in [1.54, 1.807) is 0 Å². The molecular formula is C16H21N3. The topological polar surface area (TPSA) is 42.2 Å². The number of pyridine rings is 1. The molecule has 1 aromatic heterocycles. The summed E-state index contributed by atoms with van der Waals surface area (Å²) < 4.78 is 0. The SMILES string of the molecule is Cc1ccc(N(C)Cc2ncc(C)c(N)c2C)cc1. The molecule has 1 heterocycles. The Kier molecular flexibility index (Phi) is 3.74. The van der Waals surface area contributed by atoms with Gasteiger partial charge in [-0.3, -0.25) is 4.98 Å². The standard InChI is InChI=1S/C16H21N3/c1-11-5-7-14(8-6-11)19(4)10-15-13(3)16(17)12(2)9-18-15/h5-9H,10H2,1-4H3,(H2,17,18). The molecule has 3 heteroatoms. The predicted octanol–water partition coefficient (Wildman–Crippen LogP) is 3.23. The van der Waals surface area contributed by atoms with Crippen LogP contribution in [0.15, 0.2) is 30.5 Å². The second-order valence-electron chi connectivity index (χ2n) is 5.12. The molecule has 2 rings (SSSR count). The number of nitrogen functional groups attached to an aromatic ring is 1. The summed E-state index contributed by atoms with van der Waals surface area (Å²) in [5.41, 5.74) is 12.5. The van der Waals surface area contributed by atoms with E-state index in [0.717, 1.165) is 29.1 Å². The summed E-state index contributed by atoms with van der Waals surface area (Å²) in [7, 11) is 2.07. The number of anilines is 2. The minimum atomic E-state index is 0.763. The van der Waals surface area contributed by atoms with Crippen molar-refractivity contribution in [1.29, 1.82) is 0 Å². The molecule has 0 amide bonds. The van der Waals surface area contributed by atoms with E-state index in [0.29, 0.717) is 0 Å². The van der Waals surface area contributed by atoms with Gasteiger partial charge in [-0.05, 0) is 44.0 Å². The molecular weight excluding hydrogens is 234 g/mol. The van der Waals surface area contributed by atoms with Gasteiger partial charge >= 0.3 is 0 Å². The highest BCUT2D eigenvalue weighted by Gasteiger charge is 2.09. The quantitative estimate of drug-likeness (QED) is 0.915. The molecule has 19 heavy (non-hydrogen) atoms. The van der Waals surface area contributed by atoms with E-state index in [1.807, 2.05) is 20.0 Å². The highest BCUT2D eigenvalue weighted by molar-refractivity contribution is 5.54. The summed E-state index contributed by atoms with van der Waals surface area (Å²) in [4.78, 5) is 6.68. The van der Waals surface area contributed by atoms with Gasteiger partial charge in [0, 0.05) is 24.6 Å². The zero-order chi connectivity index (χ0) is 14.0. The number of rotatable bonds is 3. The highest BCUT2D eigenvalue weighted by atomic mass is 15.1. The van der Waals surface area contributed by atoms with Crippen LogP contribution < -0.4 is 10.6 Å². The van der Waals surface area contributed by atoms with Gasteiger partial charge in [-0.25, -0.2) is 0 Å². The molecule has 0 aliphatic rings. The number of aryl methyl sites for hydroxylation is 2. The van der Waals surface area contributed by atoms with Gasteiger partial charge < -0.3 is 10.6 Å². The molecule has 0 spiro atoms. The van der Waals surface area contributed by atoms with Gasteiger partial charge in [-0.1, -0.05) is 17.7 Å². The average molecular weight is 255 g/mol. The maximum Gasteiger partial charge on any atom is 0.0646 e. The third kappa shape index (κ3) is 2.87. The number of benzene rings is 1. The van der Waals surface area contributed by atoms with Gasteiger partial charge in [0.25, 0.3) is 0 Å². The molecule has 2 N–H and O–H groups in total. The zero-order valence-corrected chi connectivity index (χ0v) is 12.1. The normalized spacial score (nSPS) is 10.5. The van der Waals surface area contributed by atoms with Crippen molar-refractivity contribution in [2.45, 2.75) is 27.3 Å². The van der Waals surface area contributed by atoms with Crippen LogP contribution in [0.25, 0.3) is 0 Å². The molecule has 100 valence electrons. The first-order valence-corrected chi connectivity index (χ1v) is 6.47. The Morgan fingerprint density at radius 2 is 1.74 bits per heavy atom. The van der Waals surface area contributed by atoms with Gasteiger partial charge in [0.2, 0.25) is 0 Å².